The highest BCUT2D eigenvalue weighted by molar-refractivity contribution is 5.88. The maximum Gasteiger partial charge on any atom is 0.277 e. The van der Waals surface area contributed by atoms with Gasteiger partial charge in [0.25, 0.3) is 5.69 Å². The average molecular weight is 365 g/mol. The number of rotatable bonds is 5. The Morgan fingerprint density at radius 1 is 1.22 bits per heavy atom. The number of nitrogens with one attached hydrogen (secondary N) is 1. The van der Waals surface area contributed by atoms with Gasteiger partial charge in [-0.15, -0.1) is 10.2 Å². The normalized spacial score (nSPS) is 10.8. The van der Waals surface area contributed by atoms with Crippen LogP contribution in [-0.4, -0.2) is 45.6 Å². The summed E-state index contributed by atoms with van der Waals surface area (Å²) < 4.78 is 2.70. The first-order chi connectivity index (χ1) is 13.1. The van der Waals surface area contributed by atoms with Crippen LogP contribution >= 0.6 is 0 Å². The lowest BCUT2D eigenvalue weighted by molar-refractivity contribution is -0.384. The van der Waals surface area contributed by atoms with Crippen LogP contribution in [0.4, 0.5) is 11.6 Å². The zero-order valence-electron chi connectivity index (χ0n) is 13.6. The van der Waals surface area contributed by atoms with Crippen LogP contribution in [0.5, 0.6) is 0 Å². The molecule has 0 aliphatic heterocycles. The van der Waals surface area contributed by atoms with Crippen LogP contribution in [0.2, 0.25) is 0 Å². The van der Waals surface area contributed by atoms with Gasteiger partial charge in [0.2, 0.25) is 11.9 Å². The summed E-state index contributed by atoms with van der Waals surface area (Å²) in [7, 11) is 0. The van der Waals surface area contributed by atoms with E-state index >= 15 is 0 Å². The van der Waals surface area contributed by atoms with Crippen molar-refractivity contribution in [3.8, 4) is 11.1 Å². The summed E-state index contributed by atoms with van der Waals surface area (Å²) in [6.45, 7) is -0.0794. The average Bonchev–Trinajstić information content (AvgIpc) is 3.29. The zero-order valence-corrected chi connectivity index (χ0v) is 13.6. The predicted octanol–water partition coefficient (Wildman–Crippen LogP) is 0.930. The van der Waals surface area contributed by atoms with Crippen molar-refractivity contribution in [3.05, 3.63) is 59.0 Å². The molecule has 0 aliphatic rings. The van der Waals surface area contributed by atoms with Gasteiger partial charge in [0.1, 0.15) is 12.9 Å². The highest BCUT2D eigenvalue weighted by atomic mass is 16.6. The van der Waals surface area contributed by atoms with Crippen molar-refractivity contribution in [1.29, 1.82) is 0 Å². The summed E-state index contributed by atoms with van der Waals surface area (Å²) in [5.41, 5.74) is 1.54. The molecule has 0 saturated carbocycles. The summed E-state index contributed by atoms with van der Waals surface area (Å²) >= 11 is 0. The Balaban J connectivity index is 1.61. The van der Waals surface area contributed by atoms with Crippen LogP contribution in [0.1, 0.15) is 0 Å². The van der Waals surface area contributed by atoms with Gasteiger partial charge in [-0.05, 0) is 28.6 Å². The molecule has 27 heavy (non-hydrogen) atoms. The molecule has 3 aromatic heterocycles. The number of hydrogen-bond donors (Lipinski definition) is 1. The van der Waals surface area contributed by atoms with Gasteiger partial charge < -0.3 is 0 Å². The number of anilines is 1. The molecule has 0 bridgehead atoms. The van der Waals surface area contributed by atoms with Crippen molar-refractivity contribution in [1.82, 2.24) is 34.8 Å². The molecule has 0 radical (unpaired) electrons. The van der Waals surface area contributed by atoms with Crippen molar-refractivity contribution in [2.24, 2.45) is 0 Å². The number of hydrogen-bond acceptors (Lipinski definition) is 8. The third-order valence-corrected chi connectivity index (χ3v) is 3.69. The number of amides is 1. The number of nitro benzene ring substituents is 1. The minimum absolute atomic E-state index is 0.00747. The molecule has 3 heterocycles. The summed E-state index contributed by atoms with van der Waals surface area (Å²) in [6, 6.07) is 9.79. The van der Waals surface area contributed by atoms with Crippen LogP contribution in [0.3, 0.4) is 0 Å². The van der Waals surface area contributed by atoms with Crippen LogP contribution < -0.4 is 5.32 Å². The molecule has 12 nitrogen and oxygen atoms in total. The molecule has 0 saturated heterocycles. The van der Waals surface area contributed by atoms with E-state index in [9.17, 15) is 14.9 Å². The summed E-state index contributed by atoms with van der Waals surface area (Å²) in [5, 5.41) is 28.4. The molecule has 134 valence electrons. The lowest BCUT2D eigenvalue weighted by Crippen LogP contribution is -2.19. The minimum Gasteiger partial charge on any atom is -0.292 e. The van der Waals surface area contributed by atoms with Gasteiger partial charge in [-0.3, -0.25) is 20.2 Å². The number of tetrazole rings is 1. The smallest absolute Gasteiger partial charge is 0.277 e. The van der Waals surface area contributed by atoms with Crippen molar-refractivity contribution < 1.29 is 9.72 Å². The lowest BCUT2D eigenvalue weighted by atomic mass is 10.1. The number of carbonyl (C=O) groups is 1. The Kier molecular flexibility index (Phi) is 3.97. The molecule has 0 spiro atoms. The fourth-order valence-electron chi connectivity index (χ4n) is 2.54. The van der Waals surface area contributed by atoms with E-state index in [1.165, 1.54) is 21.6 Å². The largest absolute Gasteiger partial charge is 0.292 e. The third kappa shape index (κ3) is 3.30. The van der Waals surface area contributed by atoms with Crippen molar-refractivity contribution in [2.45, 2.75) is 6.54 Å². The van der Waals surface area contributed by atoms with Gasteiger partial charge in [-0.2, -0.15) is 4.98 Å². The number of fused-ring (bicyclic) bond motifs is 1. The fraction of sp³-hybridized carbons (Fsp3) is 0.0667. The Morgan fingerprint density at radius 3 is 2.85 bits per heavy atom. The first-order valence-corrected chi connectivity index (χ1v) is 7.71. The van der Waals surface area contributed by atoms with Crippen LogP contribution in [0, 0.1) is 10.1 Å². The van der Waals surface area contributed by atoms with Crippen LogP contribution in [0.15, 0.2) is 48.9 Å². The first-order valence-electron chi connectivity index (χ1n) is 7.71. The molecule has 1 amide bonds. The summed E-state index contributed by atoms with van der Waals surface area (Å²) in [6.07, 6.45) is 2.93. The Bertz CT molecular complexity index is 1140. The first kappa shape index (κ1) is 16.3. The summed E-state index contributed by atoms with van der Waals surface area (Å²) in [5.74, 6) is -0.287. The summed E-state index contributed by atoms with van der Waals surface area (Å²) in [4.78, 5) is 27.0. The van der Waals surface area contributed by atoms with Gasteiger partial charge in [-0.1, -0.05) is 12.1 Å². The van der Waals surface area contributed by atoms with Gasteiger partial charge in [-0.25, -0.2) is 9.20 Å². The number of nitro groups is 1. The molecule has 0 aliphatic carbocycles. The van der Waals surface area contributed by atoms with E-state index in [2.05, 4.69) is 30.9 Å². The standard InChI is InChI=1S/C15H11N9O3/c25-14(8-22-9-16-20-21-22)18-15-17-13-6-5-10(7-23(13)19-15)11-3-1-2-4-12(11)24(26)27/h1-7,9H,8H2,(H,18,19,25). The van der Waals surface area contributed by atoms with Crippen LogP contribution in [-0.2, 0) is 11.3 Å². The number of para-hydroxylation sites is 1. The number of pyridine rings is 1. The van der Waals surface area contributed by atoms with Gasteiger partial charge in [0.05, 0.1) is 10.5 Å². The number of carbonyl (C=O) groups excluding carboxylic acids is 1. The van der Waals surface area contributed by atoms with Crippen molar-refractivity contribution in [2.75, 3.05) is 5.32 Å². The molecule has 0 unspecified atom stereocenters. The maximum absolute atomic E-state index is 12.0. The second-order valence-electron chi connectivity index (χ2n) is 5.49. The van der Waals surface area contributed by atoms with E-state index in [-0.39, 0.29) is 18.2 Å². The minimum atomic E-state index is -0.439. The Morgan fingerprint density at radius 2 is 2.07 bits per heavy atom. The van der Waals surface area contributed by atoms with E-state index in [1.54, 1.807) is 36.5 Å². The van der Waals surface area contributed by atoms with Crippen molar-refractivity contribution >= 4 is 23.2 Å². The molecule has 0 atom stereocenters. The number of aromatic nitrogens is 7. The molecular formula is C15H11N9O3. The second-order valence-corrected chi connectivity index (χ2v) is 5.49. The van der Waals surface area contributed by atoms with Crippen molar-refractivity contribution in [3.63, 3.8) is 0 Å². The van der Waals surface area contributed by atoms with E-state index in [4.69, 9.17) is 0 Å². The van der Waals surface area contributed by atoms with Gasteiger partial charge in [0, 0.05) is 17.8 Å². The zero-order chi connectivity index (χ0) is 18.8. The SMILES string of the molecule is O=C(Cn1cnnn1)Nc1nc2ccc(-c3ccccc3[N+](=O)[O-])cn2n1. The third-order valence-electron chi connectivity index (χ3n) is 3.69. The van der Waals surface area contributed by atoms with Crippen LogP contribution in [0.25, 0.3) is 16.8 Å². The molecule has 4 aromatic rings. The molecule has 1 N–H and O–H groups in total. The molecule has 12 heteroatoms. The predicted molar refractivity (Wildman–Crippen MR) is 91.5 cm³/mol. The lowest BCUT2D eigenvalue weighted by Gasteiger charge is -2.03. The topological polar surface area (TPSA) is 146 Å². The highest BCUT2D eigenvalue weighted by Crippen LogP contribution is 2.29. The number of nitrogens with zero attached hydrogens (tertiary/aromatic N) is 8. The monoisotopic (exact) mass is 365 g/mol. The van der Waals surface area contributed by atoms with E-state index in [0.29, 0.717) is 16.8 Å². The van der Waals surface area contributed by atoms with Gasteiger partial charge in [0.15, 0.2) is 5.65 Å². The highest BCUT2D eigenvalue weighted by Gasteiger charge is 2.15. The van der Waals surface area contributed by atoms with Gasteiger partial charge >= 0.3 is 0 Å². The molecular weight excluding hydrogens is 354 g/mol. The molecule has 1 aromatic carbocycles. The second kappa shape index (κ2) is 6.59. The Hall–Kier alpha value is -4.22. The van der Waals surface area contributed by atoms with E-state index < -0.39 is 10.8 Å². The van der Waals surface area contributed by atoms with E-state index in [0.717, 1.165) is 0 Å². The number of benzene rings is 1. The quantitative estimate of drug-likeness (QED) is 0.406. The maximum atomic E-state index is 12.0. The molecule has 0 fully saturated rings. The molecule has 4 rings (SSSR count). The fourth-order valence-corrected chi connectivity index (χ4v) is 2.54. The van der Waals surface area contributed by atoms with E-state index in [1.807, 2.05) is 0 Å². The Labute approximate surface area is 150 Å².